The van der Waals surface area contributed by atoms with Gasteiger partial charge in [0, 0.05) is 11.0 Å². The second-order valence-electron chi connectivity index (χ2n) is 3.26. The highest BCUT2D eigenvalue weighted by molar-refractivity contribution is 9.10. The number of rotatable bonds is 6. The molecule has 1 atom stereocenters. The highest BCUT2D eigenvalue weighted by Gasteiger charge is 2.06. The summed E-state index contributed by atoms with van der Waals surface area (Å²) in [7, 11) is 0. The number of aliphatic hydroxyl groups excluding tert-OH is 1. The van der Waals surface area contributed by atoms with Crippen LogP contribution in [0.25, 0.3) is 0 Å². The van der Waals surface area contributed by atoms with Crippen molar-refractivity contribution in [2.24, 2.45) is 0 Å². The minimum atomic E-state index is -0.560. The number of hydrogen-bond donors (Lipinski definition) is 2. The quantitative estimate of drug-likeness (QED) is 0.794. The minimum Gasteiger partial charge on any atom is -0.492 e. The first-order valence-corrected chi connectivity index (χ1v) is 6.40. The maximum Gasteiger partial charge on any atom is 0.142 e. The zero-order chi connectivity index (χ0) is 12.0. The maximum atomic E-state index is 9.36. The van der Waals surface area contributed by atoms with Crippen LogP contribution in [-0.4, -0.2) is 30.2 Å². The summed E-state index contributed by atoms with van der Waals surface area (Å²) in [5.41, 5.74) is 0.848. The summed E-state index contributed by atoms with van der Waals surface area (Å²) in [6.45, 7) is 2.94. The number of halogens is 2. The van der Waals surface area contributed by atoms with Crippen LogP contribution >= 0.6 is 27.5 Å². The Kier molecular flexibility index (Phi) is 5.95. The van der Waals surface area contributed by atoms with Crippen LogP contribution < -0.4 is 10.1 Å². The highest BCUT2D eigenvalue weighted by atomic mass is 79.9. The van der Waals surface area contributed by atoms with Crippen LogP contribution in [0.3, 0.4) is 0 Å². The van der Waals surface area contributed by atoms with Crippen molar-refractivity contribution in [2.75, 3.05) is 24.3 Å². The lowest BCUT2D eigenvalue weighted by Gasteiger charge is -2.14. The lowest BCUT2D eigenvalue weighted by molar-refractivity contribution is 0.211. The first-order valence-electron chi connectivity index (χ1n) is 5.07. The van der Waals surface area contributed by atoms with E-state index in [1.54, 1.807) is 0 Å². The van der Waals surface area contributed by atoms with E-state index in [-0.39, 0.29) is 5.88 Å². The van der Waals surface area contributed by atoms with E-state index in [4.69, 9.17) is 16.3 Å². The maximum absolute atomic E-state index is 9.36. The zero-order valence-corrected chi connectivity index (χ0v) is 11.4. The third-order valence-electron chi connectivity index (χ3n) is 1.95. The number of ether oxygens (including phenoxy) is 1. The van der Waals surface area contributed by atoms with E-state index in [0.717, 1.165) is 15.9 Å². The Labute approximate surface area is 109 Å². The fourth-order valence-corrected chi connectivity index (χ4v) is 1.67. The molecule has 1 aromatic carbocycles. The molecule has 0 bridgehead atoms. The SMILES string of the molecule is CCOc1ccc(Br)cc1NCC(O)CCl. The molecule has 0 fully saturated rings. The Morgan fingerprint density at radius 1 is 1.56 bits per heavy atom. The molecule has 0 aliphatic heterocycles. The van der Waals surface area contributed by atoms with Gasteiger partial charge in [0.15, 0.2) is 0 Å². The van der Waals surface area contributed by atoms with Gasteiger partial charge >= 0.3 is 0 Å². The predicted molar refractivity (Wildman–Crippen MR) is 70.5 cm³/mol. The van der Waals surface area contributed by atoms with Gasteiger partial charge in [-0.3, -0.25) is 0 Å². The number of anilines is 1. The van der Waals surface area contributed by atoms with Crippen molar-refractivity contribution in [3.63, 3.8) is 0 Å². The molecule has 0 aromatic heterocycles. The van der Waals surface area contributed by atoms with Gasteiger partial charge in [0.25, 0.3) is 0 Å². The van der Waals surface area contributed by atoms with Crippen LogP contribution in [0, 0.1) is 0 Å². The molecule has 1 aromatic rings. The van der Waals surface area contributed by atoms with Crippen molar-refractivity contribution in [3.8, 4) is 5.75 Å². The van der Waals surface area contributed by atoms with Gasteiger partial charge in [-0.05, 0) is 25.1 Å². The average Bonchev–Trinajstić information content (AvgIpc) is 2.29. The molecule has 90 valence electrons. The second kappa shape index (κ2) is 6.99. The molecule has 0 saturated heterocycles. The van der Waals surface area contributed by atoms with Crippen molar-refractivity contribution in [3.05, 3.63) is 22.7 Å². The predicted octanol–water partition coefficient (Wildman–Crippen LogP) is 2.86. The Morgan fingerprint density at radius 2 is 2.31 bits per heavy atom. The second-order valence-corrected chi connectivity index (χ2v) is 4.49. The molecule has 1 rings (SSSR count). The smallest absolute Gasteiger partial charge is 0.142 e. The van der Waals surface area contributed by atoms with Crippen molar-refractivity contribution in [1.29, 1.82) is 0 Å². The summed E-state index contributed by atoms with van der Waals surface area (Å²) in [6, 6.07) is 5.70. The number of nitrogens with one attached hydrogen (secondary N) is 1. The van der Waals surface area contributed by atoms with Gasteiger partial charge < -0.3 is 15.2 Å². The van der Waals surface area contributed by atoms with Crippen LogP contribution in [0.15, 0.2) is 22.7 Å². The van der Waals surface area contributed by atoms with Gasteiger partial charge in [0.05, 0.1) is 24.3 Å². The average molecular weight is 309 g/mol. The Balaban J connectivity index is 2.71. The molecular formula is C11H15BrClNO2. The number of alkyl halides is 1. The van der Waals surface area contributed by atoms with Crippen LogP contribution in [0.5, 0.6) is 5.75 Å². The van der Waals surface area contributed by atoms with E-state index >= 15 is 0 Å². The highest BCUT2D eigenvalue weighted by Crippen LogP contribution is 2.28. The molecule has 0 aliphatic carbocycles. The third kappa shape index (κ3) is 4.20. The Bertz CT molecular complexity index is 336. The minimum absolute atomic E-state index is 0.213. The molecule has 0 amide bonds. The number of hydrogen-bond acceptors (Lipinski definition) is 3. The third-order valence-corrected chi connectivity index (χ3v) is 2.80. The zero-order valence-electron chi connectivity index (χ0n) is 9.04. The monoisotopic (exact) mass is 307 g/mol. The van der Waals surface area contributed by atoms with Crippen molar-refractivity contribution in [1.82, 2.24) is 0 Å². The molecule has 1 unspecified atom stereocenters. The molecule has 5 heteroatoms. The summed E-state index contributed by atoms with van der Waals surface area (Å²) in [5, 5.41) is 12.5. The van der Waals surface area contributed by atoms with E-state index in [2.05, 4.69) is 21.2 Å². The Morgan fingerprint density at radius 3 is 2.94 bits per heavy atom. The topological polar surface area (TPSA) is 41.5 Å². The van der Waals surface area contributed by atoms with E-state index in [9.17, 15) is 5.11 Å². The van der Waals surface area contributed by atoms with Gasteiger partial charge in [-0.2, -0.15) is 0 Å². The van der Waals surface area contributed by atoms with E-state index in [1.165, 1.54) is 0 Å². The largest absolute Gasteiger partial charge is 0.492 e. The number of aliphatic hydroxyl groups is 1. The van der Waals surface area contributed by atoms with Gasteiger partial charge in [0.1, 0.15) is 5.75 Å². The van der Waals surface area contributed by atoms with Crippen LogP contribution in [0.4, 0.5) is 5.69 Å². The first-order chi connectivity index (χ1) is 7.67. The van der Waals surface area contributed by atoms with Crippen molar-refractivity contribution < 1.29 is 9.84 Å². The number of benzene rings is 1. The lowest BCUT2D eigenvalue weighted by Crippen LogP contribution is -2.21. The van der Waals surface area contributed by atoms with E-state index < -0.39 is 6.10 Å². The summed E-state index contributed by atoms with van der Waals surface area (Å²) in [5.74, 6) is 0.984. The summed E-state index contributed by atoms with van der Waals surface area (Å²) in [4.78, 5) is 0. The Hall–Kier alpha value is -0.450. The van der Waals surface area contributed by atoms with Crippen molar-refractivity contribution >= 4 is 33.2 Å². The molecule has 2 N–H and O–H groups in total. The fourth-order valence-electron chi connectivity index (χ4n) is 1.20. The molecule has 0 aliphatic rings. The summed E-state index contributed by atoms with van der Waals surface area (Å²) >= 11 is 8.91. The molecule has 0 saturated carbocycles. The van der Waals surface area contributed by atoms with E-state index in [1.807, 2.05) is 25.1 Å². The molecule has 0 spiro atoms. The van der Waals surface area contributed by atoms with Crippen LogP contribution in [0.2, 0.25) is 0 Å². The first kappa shape index (κ1) is 13.6. The van der Waals surface area contributed by atoms with Gasteiger partial charge in [-0.1, -0.05) is 15.9 Å². The molecule has 16 heavy (non-hydrogen) atoms. The fraction of sp³-hybridized carbons (Fsp3) is 0.455. The molecule has 3 nitrogen and oxygen atoms in total. The van der Waals surface area contributed by atoms with Gasteiger partial charge in [0.2, 0.25) is 0 Å². The van der Waals surface area contributed by atoms with Gasteiger partial charge in [-0.15, -0.1) is 11.6 Å². The normalized spacial score (nSPS) is 12.2. The summed E-state index contributed by atoms with van der Waals surface area (Å²) < 4.78 is 6.42. The standard InChI is InChI=1S/C11H15BrClNO2/c1-2-16-11-4-3-8(12)5-10(11)14-7-9(15)6-13/h3-5,9,14-15H,2,6-7H2,1H3. The molecule has 0 heterocycles. The van der Waals surface area contributed by atoms with E-state index in [0.29, 0.717) is 13.2 Å². The summed E-state index contributed by atoms with van der Waals surface area (Å²) in [6.07, 6.45) is -0.560. The van der Waals surface area contributed by atoms with Crippen molar-refractivity contribution in [2.45, 2.75) is 13.0 Å². The molecule has 0 radical (unpaired) electrons. The van der Waals surface area contributed by atoms with Crippen LogP contribution in [0.1, 0.15) is 6.92 Å². The molecular weight excluding hydrogens is 293 g/mol. The van der Waals surface area contributed by atoms with Crippen LogP contribution in [-0.2, 0) is 0 Å². The van der Waals surface area contributed by atoms with Gasteiger partial charge in [-0.25, -0.2) is 0 Å². The lowest BCUT2D eigenvalue weighted by atomic mass is 10.3.